The van der Waals surface area contributed by atoms with E-state index < -0.39 is 18.1 Å². The van der Waals surface area contributed by atoms with Crippen LogP contribution in [0.15, 0.2) is 36.5 Å². The van der Waals surface area contributed by atoms with Crippen LogP contribution in [-0.2, 0) is 4.79 Å². The molecular formula is C16H26O5. The molecule has 0 saturated carbocycles. The van der Waals surface area contributed by atoms with Gasteiger partial charge in [0, 0.05) is 25.6 Å². The van der Waals surface area contributed by atoms with E-state index in [1.54, 1.807) is 31.2 Å². The molecule has 0 radical (unpaired) electrons. The van der Waals surface area contributed by atoms with Gasteiger partial charge in [-0.2, -0.15) is 0 Å². The third-order valence-electron chi connectivity index (χ3n) is 2.99. The van der Waals surface area contributed by atoms with Crippen LogP contribution < -0.4 is 0 Å². The van der Waals surface area contributed by atoms with Crippen molar-refractivity contribution < 1.29 is 25.2 Å². The Morgan fingerprint density at radius 1 is 1.05 bits per heavy atom. The maximum absolute atomic E-state index is 11.8. The number of rotatable bonds is 11. The molecule has 0 aromatic heterocycles. The summed E-state index contributed by atoms with van der Waals surface area (Å²) in [6.07, 6.45) is 9.15. The molecule has 0 unspecified atom stereocenters. The highest BCUT2D eigenvalue weighted by atomic mass is 16.3. The fraction of sp³-hybridized carbons (Fsp3) is 0.562. The second-order valence-electron chi connectivity index (χ2n) is 4.83. The van der Waals surface area contributed by atoms with Gasteiger partial charge in [-0.25, -0.2) is 0 Å². The van der Waals surface area contributed by atoms with E-state index in [1.807, 2.05) is 6.08 Å². The lowest BCUT2D eigenvalue weighted by Gasteiger charge is -2.16. The average molecular weight is 298 g/mol. The van der Waals surface area contributed by atoms with Gasteiger partial charge in [-0.3, -0.25) is 4.79 Å². The Morgan fingerprint density at radius 3 is 2.33 bits per heavy atom. The molecular weight excluding hydrogens is 272 g/mol. The molecule has 21 heavy (non-hydrogen) atoms. The Bertz CT molecular complexity index is 360. The van der Waals surface area contributed by atoms with E-state index in [-0.39, 0.29) is 31.8 Å². The Balaban J connectivity index is 4.19. The summed E-state index contributed by atoms with van der Waals surface area (Å²) in [5.41, 5.74) is 0. The molecule has 0 aliphatic carbocycles. The van der Waals surface area contributed by atoms with Gasteiger partial charge in [-0.15, -0.1) is 0 Å². The van der Waals surface area contributed by atoms with E-state index in [0.29, 0.717) is 6.42 Å². The molecule has 120 valence electrons. The number of ketones is 1. The van der Waals surface area contributed by atoms with E-state index in [4.69, 9.17) is 10.2 Å². The minimum atomic E-state index is -0.912. The third kappa shape index (κ3) is 10.1. The van der Waals surface area contributed by atoms with Crippen LogP contribution in [0, 0.1) is 5.92 Å². The van der Waals surface area contributed by atoms with Crippen molar-refractivity contribution in [2.45, 2.75) is 38.4 Å². The number of carbonyl (C=O) groups is 1. The molecule has 0 amide bonds. The molecule has 0 aromatic rings. The van der Waals surface area contributed by atoms with Crippen LogP contribution in [0.25, 0.3) is 0 Å². The lowest BCUT2D eigenvalue weighted by molar-refractivity contribution is -0.126. The molecule has 5 nitrogen and oxygen atoms in total. The minimum Gasteiger partial charge on any atom is -0.396 e. The van der Waals surface area contributed by atoms with Gasteiger partial charge in [-0.1, -0.05) is 43.4 Å². The molecule has 0 rings (SSSR count). The van der Waals surface area contributed by atoms with Crippen molar-refractivity contribution in [1.29, 1.82) is 0 Å². The first-order chi connectivity index (χ1) is 10.0. The summed E-state index contributed by atoms with van der Waals surface area (Å²) in [6, 6.07) is 0. The van der Waals surface area contributed by atoms with Gasteiger partial charge in [0.15, 0.2) is 0 Å². The lowest BCUT2D eigenvalue weighted by Crippen LogP contribution is -2.27. The fourth-order valence-corrected chi connectivity index (χ4v) is 1.58. The van der Waals surface area contributed by atoms with Gasteiger partial charge in [0.2, 0.25) is 0 Å². The predicted molar refractivity (Wildman–Crippen MR) is 81.6 cm³/mol. The van der Waals surface area contributed by atoms with E-state index >= 15 is 0 Å². The highest BCUT2D eigenvalue weighted by molar-refractivity contribution is 5.81. The number of Topliss-reactive ketones (excluding diaryl/α,β-unsaturated/α-hetero) is 1. The average Bonchev–Trinajstić information content (AvgIpc) is 2.45. The number of aliphatic hydroxyl groups is 4. The summed E-state index contributed by atoms with van der Waals surface area (Å²) in [6.45, 7) is 1.55. The van der Waals surface area contributed by atoms with Crippen molar-refractivity contribution in [2.75, 3.05) is 13.2 Å². The number of hydrogen-bond acceptors (Lipinski definition) is 5. The predicted octanol–water partition coefficient (Wildman–Crippen LogP) is 0.737. The van der Waals surface area contributed by atoms with Crippen LogP contribution >= 0.6 is 0 Å². The topological polar surface area (TPSA) is 98.0 Å². The number of aliphatic hydroxyl groups excluding tert-OH is 4. The molecule has 0 spiro atoms. The molecule has 4 N–H and O–H groups in total. The van der Waals surface area contributed by atoms with E-state index in [9.17, 15) is 15.0 Å². The zero-order valence-corrected chi connectivity index (χ0v) is 12.4. The van der Waals surface area contributed by atoms with Crippen molar-refractivity contribution in [3.05, 3.63) is 36.5 Å². The van der Waals surface area contributed by atoms with Gasteiger partial charge < -0.3 is 20.4 Å². The Kier molecular flexibility index (Phi) is 11.7. The standard InChI is InChI=1S/C16H26O5/c1-13(16(21)12-14(19)9-11-18)15(20)8-6-4-2-3-5-7-10-17/h2-6,8,13-15,17-20H,7,9-12H2,1H3/b4-2+,5-3+,8-6+/t13-,14+,15-/m1/s1. The maximum Gasteiger partial charge on any atom is 0.141 e. The lowest BCUT2D eigenvalue weighted by atomic mass is 9.94. The molecule has 0 heterocycles. The summed E-state index contributed by atoms with van der Waals surface area (Å²) in [7, 11) is 0. The zero-order valence-electron chi connectivity index (χ0n) is 12.4. The van der Waals surface area contributed by atoms with Crippen LogP contribution in [0.2, 0.25) is 0 Å². The summed E-state index contributed by atoms with van der Waals surface area (Å²) in [5, 5.41) is 36.5. The fourth-order valence-electron chi connectivity index (χ4n) is 1.58. The van der Waals surface area contributed by atoms with Gasteiger partial charge in [-0.05, 0) is 12.8 Å². The minimum absolute atomic E-state index is 0.0631. The van der Waals surface area contributed by atoms with Crippen LogP contribution in [0.1, 0.15) is 26.2 Å². The molecule has 3 atom stereocenters. The quantitative estimate of drug-likeness (QED) is 0.422. The van der Waals surface area contributed by atoms with Crippen LogP contribution in [0.3, 0.4) is 0 Å². The molecule has 0 fully saturated rings. The Hall–Kier alpha value is -1.27. The van der Waals surface area contributed by atoms with Crippen LogP contribution in [0.5, 0.6) is 0 Å². The van der Waals surface area contributed by atoms with Gasteiger partial charge in [0.05, 0.1) is 12.2 Å². The van der Waals surface area contributed by atoms with Crippen LogP contribution in [-0.4, -0.2) is 51.6 Å². The van der Waals surface area contributed by atoms with E-state index in [2.05, 4.69) is 0 Å². The molecule has 0 aliphatic rings. The first-order valence-corrected chi connectivity index (χ1v) is 7.13. The highest BCUT2D eigenvalue weighted by Gasteiger charge is 2.21. The summed E-state index contributed by atoms with van der Waals surface area (Å²) in [5.74, 6) is -0.840. The normalized spacial score (nSPS) is 16.8. The summed E-state index contributed by atoms with van der Waals surface area (Å²) in [4.78, 5) is 11.8. The van der Waals surface area contributed by atoms with Crippen molar-refractivity contribution in [2.24, 2.45) is 5.92 Å². The summed E-state index contributed by atoms with van der Waals surface area (Å²) >= 11 is 0. The van der Waals surface area contributed by atoms with E-state index in [0.717, 1.165) is 0 Å². The SMILES string of the molecule is C[C@@H](C(=O)C[C@@H](O)CCO)[C@H](O)/C=C/C=C/C=C/CCO. The second-order valence-corrected chi connectivity index (χ2v) is 4.83. The third-order valence-corrected chi connectivity index (χ3v) is 2.99. The Morgan fingerprint density at radius 2 is 1.71 bits per heavy atom. The molecule has 0 aromatic carbocycles. The van der Waals surface area contributed by atoms with Gasteiger partial charge >= 0.3 is 0 Å². The monoisotopic (exact) mass is 298 g/mol. The first-order valence-electron chi connectivity index (χ1n) is 7.13. The Labute approximate surface area is 125 Å². The van der Waals surface area contributed by atoms with Gasteiger partial charge in [0.25, 0.3) is 0 Å². The molecule has 5 heteroatoms. The van der Waals surface area contributed by atoms with Crippen molar-refractivity contribution in [1.82, 2.24) is 0 Å². The largest absolute Gasteiger partial charge is 0.396 e. The smallest absolute Gasteiger partial charge is 0.141 e. The van der Waals surface area contributed by atoms with Crippen molar-refractivity contribution >= 4 is 5.78 Å². The number of carbonyl (C=O) groups excluding carboxylic acids is 1. The summed E-state index contributed by atoms with van der Waals surface area (Å²) < 4.78 is 0. The van der Waals surface area contributed by atoms with Crippen LogP contribution in [0.4, 0.5) is 0 Å². The zero-order chi connectivity index (χ0) is 16.1. The molecule has 0 aliphatic heterocycles. The number of hydrogen-bond donors (Lipinski definition) is 4. The highest BCUT2D eigenvalue weighted by Crippen LogP contribution is 2.11. The van der Waals surface area contributed by atoms with E-state index in [1.165, 1.54) is 6.08 Å². The van der Waals surface area contributed by atoms with Crippen molar-refractivity contribution in [3.8, 4) is 0 Å². The molecule has 0 bridgehead atoms. The number of allylic oxidation sites excluding steroid dienone is 4. The van der Waals surface area contributed by atoms with Crippen molar-refractivity contribution in [3.63, 3.8) is 0 Å². The maximum atomic E-state index is 11.8. The molecule has 0 saturated heterocycles. The first kappa shape index (κ1) is 19.7. The van der Waals surface area contributed by atoms with Gasteiger partial charge in [0.1, 0.15) is 5.78 Å². The second kappa shape index (κ2) is 12.5.